The second-order valence-electron chi connectivity index (χ2n) is 5.56. The minimum absolute atomic E-state index is 0.0445. The zero-order valence-electron chi connectivity index (χ0n) is 12.2. The van der Waals surface area contributed by atoms with Crippen LogP contribution in [-0.4, -0.2) is 18.8 Å². The number of nitrogens with one attached hydrogen (secondary N) is 1. The Morgan fingerprint density at radius 3 is 2.52 bits per heavy atom. The molecular weight excluding hydrogens is 279 g/mol. The molecule has 0 saturated heterocycles. The maximum Gasteiger partial charge on any atom is 0.391 e. The smallest absolute Gasteiger partial charge is 0.391 e. The Bertz CT molecular complexity index is 430. The molecule has 118 valence electrons. The first-order valence-electron chi connectivity index (χ1n) is 7.51. The third kappa shape index (κ3) is 4.92. The summed E-state index contributed by atoms with van der Waals surface area (Å²) < 4.78 is 43.6. The van der Waals surface area contributed by atoms with Crippen molar-refractivity contribution in [3.63, 3.8) is 0 Å². The van der Waals surface area contributed by atoms with Crippen molar-refractivity contribution in [3.8, 4) is 5.75 Å². The fourth-order valence-corrected chi connectivity index (χ4v) is 2.80. The van der Waals surface area contributed by atoms with Crippen LogP contribution in [0.15, 0.2) is 24.3 Å². The zero-order chi connectivity index (χ0) is 15.3. The molecule has 0 heterocycles. The minimum Gasteiger partial charge on any atom is -0.494 e. The second-order valence-corrected chi connectivity index (χ2v) is 5.56. The highest BCUT2D eigenvalue weighted by Crippen LogP contribution is 2.37. The summed E-state index contributed by atoms with van der Waals surface area (Å²) in [6.07, 6.45) is -2.13. The third-order valence-electron chi connectivity index (χ3n) is 3.97. The van der Waals surface area contributed by atoms with Crippen molar-refractivity contribution in [2.24, 2.45) is 5.92 Å². The van der Waals surface area contributed by atoms with Gasteiger partial charge in [-0.25, -0.2) is 0 Å². The highest BCUT2D eigenvalue weighted by molar-refractivity contribution is 5.27. The van der Waals surface area contributed by atoms with Gasteiger partial charge in [-0.3, -0.25) is 0 Å². The Morgan fingerprint density at radius 1 is 1.19 bits per heavy atom. The van der Waals surface area contributed by atoms with Crippen LogP contribution in [0.3, 0.4) is 0 Å². The van der Waals surface area contributed by atoms with Gasteiger partial charge in [-0.1, -0.05) is 18.6 Å². The van der Waals surface area contributed by atoms with Gasteiger partial charge in [0.05, 0.1) is 12.5 Å². The molecule has 1 aliphatic rings. The lowest BCUT2D eigenvalue weighted by molar-refractivity contribution is -0.183. The quantitative estimate of drug-likeness (QED) is 0.875. The van der Waals surface area contributed by atoms with Crippen LogP contribution in [0.4, 0.5) is 13.2 Å². The number of rotatable bonds is 5. The molecule has 0 bridgehead atoms. The minimum atomic E-state index is -4.06. The third-order valence-corrected chi connectivity index (χ3v) is 3.97. The van der Waals surface area contributed by atoms with Gasteiger partial charge in [0.1, 0.15) is 5.75 Å². The van der Waals surface area contributed by atoms with Gasteiger partial charge >= 0.3 is 6.18 Å². The van der Waals surface area contributed by atoms with E-state index in [1.165, 1.54) is 0 Å². The molecule has 1 fully saturated rings. The first-order chi connectivity index (χ1) is 9.99. The Morgan fingerprint density at radius 2 is 1.90 bits per heavy atom. The molecule has 0 aromatic heterocycles. The van der Waals surface area contributed by atoms with Gasteiger partial charge in [-0.05, 0) is 43.9 Å². The summed E-state index contributed by atoms with van der Waals surface area (Å²) in [7, 11) is 0. The van der Waals surface area contributed by atoms with E-state index in [9.17, 15) is 13.2 Å². The number of benzene rings is 1. The van der Waals surface area contributed by atoms with E-state index in [1.54, 1.807) is 0 Å². The lowest BCUT2D eigenvalue weighted by Crippen LogP contribution is -2.38. The molecule has 21 heavy (non-hydrogen) atoms. The van der Waals surface area contributed by atoms with Crippen LogP contribution in [0.1, 0.15) is 38.2 Å². The fraction of sp³-hybridized carbons (Fsp3) is 0.625. The number of alkyl halides is 3. The average molecular weight is 301 g/mol. The maximum atomic E-state index is 12.8. The highest BCUT2D eigenvalue weighted by atomic mass is 19.4. The molecule has 1 N–H and O–H groups in total. The van der Waals surface area contributed by atoms with Gasteiger partial charge in [-0.2, -0.15) is 13.2 Å². The Labute approximate surface area is 123 Å². The Balaban J connectivity index is 1.82. The fourth-order valence-electron chi connectivity index (χ4n) is 2.80. The van der Waals surface area contributed by atoms with Crippen LogP contribution in [-0.2, 0) is 6.54 Å². The summed E-state index contributed by atoms with van der Waals surface area (Å²) in [5.74, 6) is -0.333. The number of hydrogen-bond donors (Lipinski definition) is 1. The molecule has 2 atom stereocenters. The van der Waals surface area contributed by atoms with Crippen molar-refractivity contribution in [1.82, 2.24) is 5.32 Å². The summed E-state index contributed by atoms with van der Waals surface area (Å²) in [6, 6.07) is 7.63. The standard InChI is InChI=1S/C16H22F3NO/c1-2-21-15-8-6-12(7-9-15)11-20-14-5-3-4-13(10-14)16(17,18)19/h6-9,13-14,20H,2-5,10-11H2,1H3. The van der Waals surface area contributed by atoms with E-state index in [4.69, 9.17) is 4.74 Å². The summed E-state index contributed by atoms with van der Waals surface area (Å²) in [5.41, 5.74) is 1.06. The molecule has 0 amide bonds. The van der Waals surface area contributed by atoms with Crippen molar-refractivity contribution < 1.29 is 17.9 Å². The van der Waals surface area contributed by atoms with E-state index >= 15 is 0 Å². The van der Waals surface area contributed by atoms with Crippen molar-refractivity contribution in [2.75, 3.05) is 6.61 Å². The maximum absolute atomic E-state index is 12.8. The van der Waals surface area contributed by atoms with E-state index < -0.39 is 12.1 Å². The highest BCUT2D eigenvalue weighted by Gasteiger charge is 2.41. The van der Waals surface area contributed by atoms with Crippen molar-refractivity contribution in [1.29, 1.82) is 0 Å². The molecule has 1 aromatic carbocycles. The summed E-state index contributed by atoms with van der Waals surface area (Å²) in [6.45, 7) is 3.15. The van der Waals surface area contributed by atoms with Gasteiger partial charge < -0.3 is 10.1 Å². The normalized spacial score (nSPS) is 23.0. The number of hydrogen-bond acceptors (Lipinski definition) is 2. The van der Waals surface area contributed by atoms with Gasteiger partial charge in [0.2, 0.25) is 0 Å². The summed E-state index contributed by atoms with van der Waals surface area (Å²) in [4.78, 5) is 0. The number of halogens is 3. The first-order valence-corrected chi connectivity index (χ1v) is 7.51. The molecular formula is C16H22F3NO. The monoisotopic (exact) mass is 301 g/mol. The topological polar surface area (TPSA) is 21.3 Å². The SMILES string of the molecule is CCOc1ccc(CNC2CCCC(C(F)(F)F)C2)cc1. The molecule has 1 aromatic rings. The largest absolute Gasteiger partial charge is 0.494 e. The molecule has 1 saturated carbocycles. The summed E-state index contributed by atoms with van der Waals surface area (Å²) >= 11 is 0. The van der Waals surface area contributed by atoms with Crippen molar-refractivity contribution in [3.05, 3.63) is 29.8 Å². The van der Waals surface area contributed by atoms with Crippen LogP contribution < -0.4 is 10.1 Å². The van der Waals surface area contributed by atoms with Gasteiger partial charge in [0.15, 0.2) is 0 Å². The van der Waals surface area contributed by atoms with Gasteiger partial charge in [-0.15, -0.1) is 0 Å². The van der Waals surface area contributed by atoms with Crippen LogP contribution >= 0.6 is 0 Å². The van der Waals surface area contributed by atoms with Gasteiger partial charge in [0, 0.05) is 12.6 Å². The zero-order valence-corrected chi connectivity index (χ0v) is 12.2. The number of ether oxygens (including phenoxy) is 1. The van der Waals surface area contributed by atoms with Crippen molar-refractivity contribution >= 4 is 0 Å². The van der Waals surface area contributed by atoms with Gasteiger partial charge in [0.25, 0.3) is 0 Å². The molecule has 2 unspecified atom stereocenters. The predicted octanol–water partition coefficient (Wildman–Crippen LogP) is 4.30. The lowest BCUT2D eigenvalue weighted by atomic mass is 9.85. The predicted molar refractivity (Wildman–Crippen MR) is 76.3 cm³/mol. The van der Waals surface area contributed by atoms with Crippen LogP contribution in [0.5, 0.6) is 5.75 Å². The molecule has 0 aliphatic heterocycles. The van der Waals surface area contributed by atoms with Crippen LogP contribution in [0, 0.1) is 5.92 Å². The molecule has 1 aliphatic carbocycles. The van der Waals surface area contributed by atoms with Crippen LogP contribution in [0.25, 0.3) is 0 Å². The lowest BCUT2D eigenvalue weighted by Gasteiger charge is -2.31. The molecule has 5 heteroatoms. The molecule has 0 radical (unpaired) electrons. The Hall–Kier alpha value is -1.23. The second kappa shape index (κ2) is 7.16. The molecule has 2 nitrogen and oxygen atoms in total. The van der Waals surface area contributed by atoms with E-state index in [-0.39, 0.29) is 18.9 Å². The average Bonchev–Trinajstić information content (AvgIpc) is 2.46. The molecule has 0 spiro atoms. The van der Waals surface area contributed by atoms with E-state index in [0.29, 0.717) is 19.6 Å². The molecule has 2 rings (SSSR count). The van der Waals surface area contributed by atoms with E-state index in [0.717, 1.165) is 17.7 Å². The van der Waals surface area contributed by atoms with Crippen molar-refractivity contribution in [2.45, 2.75) is 51.4 Å². The van der Waals surface area contributed by atoms with Crippen LogP contribution in [0.2, 0.25) is 0 Å². The Kier molecular flexibility index (Phi) is 5.51. The van der Waals surface area contributed by atoms with E-state index in [2.05, 4.69) is 5.32 Å². The van der Waals surface area contributed by atoms with E-state index in [1.807, 2.05) is 31.2 Å². The summed E-state index contributed by atoms with van der Waals surface area (Å²) in [5, 5.41) is 3.25. The first kappa shape index (κ1) is 16.1.